The van der Waals surface area contributed by atoms with E-state index in [4.69, 9.17) is 9.47 Å². The van der Waals surface area contributed by atoms with Gasteiger partial charge in [0, 0.05) is 6.42 Å². The molecule has 0 unspecified atom stereocenters. The van der Waals surface area contributed by atoms with Crippen LogP contribution in [0.4, 0.5) is 0 Å². The standard InChI is InChI=1S/C19H34O6/c1-3-4-5-6-7-8-9-10-11-12-17(20)24-25-18(21)13-14-19(2)22-15-16-23-19/h3-16H2,1-2H3. The predicted molar refractivity (Wildman–Crippen MR) is 93.6 cm³/mol. The number of ether oxygens (including phenoxy) is 2. The van der Waals surface area contributed by atoms with Gasteiger partial charge in [-0.2, -0.15) is 0 Å². The van der Waals surface area contributed by atoms with Gasteiger partial charge < -0.3 is 9.47 Å². The van der Waals surface area contributed by atoms with E-state index in [-0.39, 0.29) is 12.8 Å². The Bertz CT molecular complexity index is 376. The zero-order valence-electron chi connectivity index (χ0n) is 15.8. The molecule has 0 spiro atoms. The minimum Gasteiger partial charge on any atom is -0.348 e. The maximum atomic E-state index is 11.6. The number of hydrogen-bond acceptors (Lipinski definition) is 6. The Balaban J connectivity index is 1.91. The lowest BCUT2D eigenvalue weighted by molar-refractivity contribution is -0.260. The number of unbranched alkanes of at least 4 members (excludes halogenated alkanes) is 8. The highest BCUT2D eigenvalue weighted by atomic mass is 17.2. The lowest BCUT2D eigenvalue weighted by Crippen LogP contribution is -2.26. The van der Waals surface area contributed by atoms with E-state index < -0.39 is 17.7 Å². The van der Waals surface area contributed by atoms with Crippen molar-refractivity contribution in [2.45, 2.75) is 96.7 Å². The fourth-order valence-corrected chi connectivity index (χ4v) is 2.79. The zero-order chi connectivity index (χ0) is 18.4. The SMILES string of the molecule is CCCCCCCCCCCC(=O)OOC(=O)CCC1(C)OCCO1. The molecule has 0 bridgehead atoms. The third kappa shape index (κ3) is 11.2. The zero-order valence-corrected chi connectivity index (χ0v) is 15.8. The van der Waals surface area contributed by atoms with Crippen LogP contribution in [-0.4, -0.2) is 30.9 Å². The average molecular weight is 358 g/mol. The van der Waals surface area contributed by atoms with Crippen molar-refractivity contribution in [3.8, 4) is 0 Å². The normalized spacial score (nSPS) is 15.9. The highest BCUT2D eigenvalue weighted by Crippen LogP contribution is 2.24. The van der Waals surface area contributed by atoms with Crippen LogP contribution in [0.15, 0.2) is 0 Å². The molecule has 0 aromatic carbocycles. The topological polar surface area (TPSA) is 71.1 Å². The molecule has 1 heterocycles. The fraction of sp³-hybridized carbons (Fsp3) is 0.895. The van der Waals surface area contributed by atoms with Crippen LogP contribution in [0, 0.1) is 0 Å². The van der Waals surface area contributed by atoms with Gasteiger partial charge in [-0.3, -0.25) is 0 Å². The molecule has 25 heavy (non-hydrogen) atoms. The molecule has 0 atom stereocenters. The van der Waals surface area contributed by atoms with Crippen molar-refractivity contribution < 1.29 is 28.8 Å². The first-order chi connectivity index (χ1) is 12.1. The molecular formula is C19H34O6. The Morgan fingerprint density at radius 2 is 1.28 bits per heavy atom. The molecule has 0 N–H and O–H groups in total. The van der Waals surface area contributed by atoms with E-state index in [2.05, 4.69) is 16.7 Å². The summed E-state index contributed by atoms with van der Waals surface area (Å²) in [5.74, 6) is -1.81. The first kappa shape index (κ1) is 21.9. The van der Waals surface area contributed by atoms with Crippen molar-refractivity contribution in [2.75, 3.05) is 13.2 Å². The van der Waals surface area contributed by atoms with Gasteiger partial charge in [-0.05, 0) is 13.3 Å². The number of carbonyl (C=O) groups is 2. The van der Waals surface area contributed by atoms with E-state index >= 15 is 0 Å². The van der Waals surface area contributed by atoms with Crippen LogP contribution in [0.5, 0.6) is 0 Å². The lowest BCUT2D eigenvalue weighted by Gasteiger charge is -2.20. The van der Waals surface area contributed by atoms with Crippen molar-refractivity contribution in [3.63, 3.8) is 0 Å². The highest BCUT2D eigenvalue weighted by molar-refractivity contribution is 5.72. The van der Waals surface area contributed by atoms with E-state index in [1.807, 2.05) is 0 Å². The molecule has 0 aliphatic carbocycles. The van der Waals surface area contributed by atoms with Gasteiger partial charge in [0.15, 0.2) is 5.79 Å². The Morgan fingerprint density at radius 3 is 1.84 bits per heavy atom. The smallest absolute Gasteiger partial charge is 0.348 e. The molecule has 6 heteroatoms. The first-order valence-electron chi connectivity index (χ1n) is 9.74. The van der Waals surface area contributed by atoms with Crippen molar-refractivity contribution >= 4 is 11.9 Å². The summed E-state index contributed by atoms with van der Waals surface area (Å²) in [6.07, 6.45) is 11.4. The molecule has 0 saturated carbocycles. The predicted octanol–water partition coefficient (Wildman–Crippen LogP) is 4.45. The van der Waals surface area contributed by atoms with Gasteiger partial charge in [0.05, 0.1) is 26.1 Å². The molecule has 0 aromatic rings. The molecule has 0 radical (unpaired) electrons. The van der Waals surface area contributed by atoms with Crippen LogP contribution >= 0.6 is 0 Å². The Hall–Kier alpha value is -1.14. The monoisotopic (exact) mass is 358 g/mol. The molecular weight excluding hydrogens is 324 g/mol. The Morgan fingerprint density at radius 1 is 0.800 bits per heavy atom. The summed E-state index contributed by atoms with van der Waals surface area (Å²) in [5, 5.41) is 0. The Labute approximate surface area is 151 Å². The quantitative estimate of drug-likeness (QED) is 0.275. The summed E-state index contributed by atoms with van der Waals surface area (Å²) in [5.41, 5.74) is 0. The summed E-state index contributed by atoms with van der Waals surface area (Å²) in [6, 6.07) is 0. The van der Waals surface area contributed by atoms with Gasteiger partial charge >= 0.3 is 11.9 Å². The van der Waals surface area contributed by atoms with Crippen molar-refractivity contribution in [3.05, 3.63) is 0 Å². The van der Waals surface area contributed by atoms with Crippen LogP contribution in [-0.2, 0) is 28.8 Å². The second kappa shape index (κ2) is 13.1. The Kier molecular flexibility index (Phi) is 11.5. The van der Waals surface area contributed by atoms with Gasteiger partial charge in [0.25, 0.3) is 0 Å². The molecule has 0 aromatic heterocycles. The van der Waals surface area contributed by atoms with Gasteiger partial charge in [0.1, 0.15) is 0 Å². The number of rotatable bonds is 13. The van der Waals surface area contributed by atoms with Gasteiger partial charge in [-0.25, -0.2) is 19.4 Å². The largest absolute Gasteiger partial charge is 0.355 e. The molecule has 1 fully saturated rings. The van der Waals surface area contributed by atoms with E-state index in [1.165, 1.54) is 38.5 Å². The maximum Gasteiger partial charge on any atom is 0.355 e. The van der Waals surface area contributed by atoms with Crippen LogP contribution in [0.1, 0.15) is 90.9 Å². The molecule has 146 valence electrons. The second-order valence-corrected chi connectivity index (χ2v) is 6.82. The van der Waals surface area contributed by atoms with Crippen molar-refractivity contribution in [2.24, 2.45) is 0 Å². The van der Waals surface area contributed by atoms with Gasteiger partial charge in [-0.15, -0.1) is 0 Å². The van der Waals surface area contributed by atoms with Crippen LogP contribution in [0.2, 0.25) is 0 Å². The minimum atomic E-state index is -0.737. The van der Waals surface area contributed by atoms with Crippen molar-refractivity contribution in [1.29, 1.82) is 0 Å². The molecule has 1 aliphatic heterocycles. The number of carbonyl (C=O) groups excluding carboxylic acids is 2. The van der Waals surface area contributed by atoms with E-state index in [0.29, 0.717) is 19.6 Å². The summed E-state index contributed by atoms with van der Waals surface area (Å²) in [6.45, 7) is 5.05. The summed E-state index contributed by atoms with van der Waals surface area (Å²) in [4.78, 5) is 32.2. The van der Waals surface area contributed by atoms with Gasteiger partial charge in [0.2, 0.25) is 0 Å². The third-order valence-corrected chi connectivity index (χ3v) is 4.39. The average Bonchev–Trinajstić information content (AvgIpc) is 3.04. The van der Waals surface area contributed by atoms with Crippen LogP contribution in [0.25, 0.3) is 0 Å². The van der Waals surface area contributed by atoms with Crippen molar-refractivity contribution in [1.82, 2.24) is 0 Å². The van der Waals surface area contributed by atoms with Gasteiger partial charge in [-0.1, -0.05) is 58.3 Å². The molecule has 1 aliphatic rings. The van der Waals surface area contributed by atoms with Crippen LogP contribution in [0.3, 0.4) is 0 Å². The second-order valence-electron chi connectivity index (χ2n) is 6.82. The number of hydrogen-bond donors (Lipinski definition) is 0. The van der Waals surface area contributed by atoms with E-state index in [1.54, 1.807) is 6.92 Å². The maximum absolute atomic E-state index is 11.6. The van der Waals surface area contributed by atoms with E-state index in [9.17, 15) is 9.59 Å². The molecule has 1 rings (SSSR count). The summed E-state index contributed by atoms with van der Waals surface area (Å²) < 4.78 is 10.8. The summed E-state index contributed by atoms with van der Waals surface area (Å²) >= 11 is 0. The fourth-order valence-electron chi connectivity index (χ4n) is 2.79. The van der Waals surface area contributed by atoms with E-state index in [0.717, 1.165) is 19.3 Å². The first-order valence-corrected chi connectivity index (χ1v) is 9.74. The molecule has 1 saturated heterocycles. The molecule has 0 amide bonds. The molecule has 6 nitrogen and oxygen atoms in total. The third-order valence-electron chi connectivity index (χ3n) is 4.39. The van der Waals surface area contributed by atoms with Crippen LogP contribution < -0.4 is 0 Å². The summed E-state index contributed by atoms with van der Waals surface area (Å²) in [7, 11) is 0. The highest BCUT2D eigenvalue weighted by Gasteiger charge is 2.31. The lowest BCUT2D eigenvalue weighted by atomic mass is 10.1. The minimum absolute atomic E-state index is 0.0851.